The van der Waals surface area contributed by atoms with Gasteiger partial charge in [-0.3, -0.25) is 9.69 Å². The van der Waals surface area contributed by atoms with Crippen LogP contribution in [0.5, 0.6) is 0 Å². The van der Waals surface area contributed by atoms with Gasteiger partial charge in [0.25, 0.3) is 0 Å². The number of hydrogen-bond acceptors (Lipinski definition) is 2. The van der Waals surface area contributed by atoms with Crippen molar-refractivity contribution in [2.75, 3.05) is 16.8 Å². The Morgan fingerprint density at radius 2 is 1.70 bits per heavy atom. The van der Waals surface area contributed by atoms with Crippen molar-refractivity contribution >= 4 is 34.9 Å². The molecular weight excluding hydrogens is 491 g/mol. The molecule has 1 atom stereocenters. The summed E-state index contributed by atoms with van der Waals surface area (Å²) in [6.45, 7) is -0.0934. The van der Waals surface area contributed by atoms with Gasteiger partial charge in [0, 0.05) is 22.9 Å². The summed E-state index contributed by atoms with van der Waals surface area (Å²) in [6.07, 6.45) is 3.65. The summed E-state index contributed by atoms with van der Waals surface area (Å²) in [5.41, 5.74) is 3.85. The van der Waals surface area contributed by atoms with E-state index in [1.807, 2.05) is 42.6 Å². The molecule has 0 bridgehead atoms. The summed E-state index contributed by atoms with van der Waals surface area (Å²) in [5.74, 6) is -0.562. The number of amides is 3. The van der Waals surface area contributed by atoms with Crippen LogP contribution in [0.1, 0.15) is 30.1 Å². The van der Waals surface area contributed by atoms with Crippen molar-refractivity contribution in [1.29, 1.82) is 0 Å². The molecule has 0 saturated heterocycles. The number of nitrogens with zero attached hydrogens (tertiary/aromatic N) is 3. The SMILES string of the molecule is O=C(Nc1cccc(Cl)c1)N(CC(=O)N1c2ccccc2-n2cccc2C1c1ccc(F)cc1)C1CC1. The molecule has 37 heavy (non-hydrogen) atoms. The summed E-state index contributed by atoms with van der Waals surface area (Å²) in [7, 11) is 0. The van der Waals surface area contributed by atoms with Crippen molar-refractivity contribution in [2.45, 2.75) is 24.9 Å². The highest BCUT2D eigenvalue weighted by molar-refractivity contribution is 6.30. The van der Waals surface area contributed by atoms with Crippen LogP contribution in [-0.4, -0.2) is 34.0 Å². The summed E-state index contributed by atoms with van der Waals surface area (Å²) < 4.78 is 15.9. The first-order valence-electron chi connectivity index (χ1n) is 12.2. The van der Waals surface area contributed by atoms with E-state index in [1.54, 1.807) is 46.2 Å². The van der Waals surface area contributed by atoms with Gasteiger partial charge in [-0.1, -0.05) is 41.9 Å². The van der Waals surface area contributed by atoms with Crippen molar-refractivity contribution < 1.29 is 14.0 Å². The Balaban J connectivity index is 1.36. The first-order chi connectivity index (χ1) is 18.0. The zero-order chi connectivity index (χ0) is 25.5. The standard InChI is InChI=1S/C29H24ClFN4O2/c30-20-5-3-6-22(17-20)32-29(37)34(23-14-15-23)18-27(36)35-25-8-2-1-7-24(25)33-16-4-9-26(33)28(35)19-10-12-21(31)13-11-19/h1-13,16-17,23,28H,14-15,18H2,(H,32,37). The molecule has 3 aromatic carbocycles. The van der Waals surface area contributed by atoms with E-state index in [-0.39, 0.29) is 30.3 Å². The number of aromatic nitrogens is 1. The van der Waals surface area contributed by atoms with Crippen LogP contribution in [0.2, 0.25) is 5.02 Å². The number of carbonyl (C=O) groups is 2. The number of hydrogen-bond donors (Lipinski definition) is 1. The lowest BCUT2D eigenvalue weighted by Crippen LogP contribution is -2.48. The lowest BCUT2D eigenvalue weighted by atomic mass is 9.97. The van der Waals surface area contributed by atoms with Crippen molar-refractivity contribution in [3.63, 3.8) is 0 Å². The number of para-hydroxylation sites is 2. The Morgan fingerprint density at radius 1 is 0.946 bits per heavy atom. The van der Waals surface area contributed by atoms with Crippen LogP contribution >= 0.6 is 11.6 Å². The number of nitrogens with one attached hydrogen (secondary N) is 1. The van der Waals surface area contributed by atoms with Crippen LogP contribution in [0.4, 0.5) is 20.6 Å². The average Bonchev–Trinajstić information content (AvgIpc) is 3.62. The summed E-state index contributed by atoms with van der Waals surface area (Å²) in [5, 5.41) is 3.39. The number of carbonyl (C=O) groups excluding carboxylic acids is 2. The van der Waals surface area contributed by atoms with Gasteiger partial charge < -0.3 is 14.8 Å². The molecular formula is C29H24ClFN4O2. The van der Waals surface area contributed by atoms with Crippen molar-refractivity contribution in [3.05, 3.63) is 113 Å². The van der Waals surface area contributed by atoms with Gasteiger partial charge in [0.1, 0.15) is 18.4 Å². The van der Waals surface area contributed by atoms with Crippen LogP contribution < -0.4 is 10.2 Å². The molecule has 4 aromatic rings. The smallest absolute Gasteiger partial charge is 0.316 e. The molecule has 1 N–H and O–H groups in total. The van der Waals surface area contributed by atoms with E-state index in [4.69, 9.17) is 11.6 Å². The second-order valence-corrected chi connectivity index (χ2v) is 9.75. The summed E-state index contributed by atoms with van der Waals surface area (Å²) in [6, 6.07) is 23.9. The number of fused-ring (bicyclic) bond motifs is 3. The van der Waals surface area contributed by atoms with E-state index in [2.05, 4.69) is 9.88 Å². The number of halogens is 2. The van der Waals surface area contributed by atoms with Gasteiger partial charge in [0.05, 0.1) is 17.1 Å². The minimum atomic E-state index is -0.477. The number of urea groups is 1. The fourth-order valence-electron chi connectivity index (χ4n) is 4.96. The minimum Gasteiger partial charge on any atom is -0.316 e. The van der Waals surface area contributed by atoms with Gasteiger partial charge in [-0.25, -0.2) is 9.18 Å². The molecule has 2 heterocycles. The van der Waals surface area contributed by atoms with Crippen molar-refractivity contribution in [1.82, 2.24) is 9.47 Å². The fraction of sp³-hybridized carbons (Fsp3) is 0.172. The molecule has 1 aliphatic heterocycles. The van der Waals surface area contributed by atoms with Crippen LogP contribution in [0.25, 0.3) is 5.69 Å². The fourth-order valence-corrected chi connectivity index (χ4v) is 5.15. The van der Waals surface area contributed by atoms with Gasteiger partial charge in [-0.2, -0.15) is 0 Å². The second-order valence-electron chi connectivity index (χ2n) is 9.31. The highest BCUT2D eigenvalue weighted by Gasteiger charge is 2.40. The Hall–Kier alpha value is -4.10. The molecule has 0 spiro atoms. The monoisotopic (exact) mass is 514 g/mol. The lowest BCUT2D eigenvalue weighted by Gasteiger charge is -2.39. The highest BCUT2D eigenvalue weighted by atomic mass is 35.5. The molecule has 1 unspecified atom stereocenters. The number of anilines is 2. The molecule has 3 amide bonds. The molecule has 6 nitrogen and oxygen atoms in total. The maximum Gasteiger partial charge on any atom is 0.322 e. The number of rotatable bonds is 5. The van der Waals surface area contributed by atoms with Gasteiger partial charge in [-0.05, 0) is 73.0 Å². The van der Waals surface area contributed by atoms with Gasteiger partial charge >= 0.3 is 6.03 Å². The third-order valence-corrected chi connectivity index (χ3v) is 7.04. The Kier molecular flexibility index (Phi) is 5.93. The first-order valence-corrected chi connectivity index (χ1v) is 12.5. The molecule has 1 aromatic heterocycles. The van der Waals surface area contributed by atoms with Gasteiger partial charge in [0.2, 0.25) is 5.91 Å². The van der Waals surface area contributed by atoms with Crippen molar-refractivity contribution in [2.24, 2.45) is 0 Å². The van der Waals surface area contributed by atoms with E-state index in [0.29, 0.717) is 10.7 Å². The molecule has 186 valence electrons. The predicted octanol–water partition coefficient (Wildman–Crippen LogP) is 6.40. The van der Waals surface area contributed by atoms with Crippen LogP contribution in [0, 0.1) is 5.82 Å². The van der Waals surface area contributed by atoms with E-state index in [9.17, 15) is 14.0 Å². The number of benzene rings is 3. The zero-order valence-corrected chi connectivity index (χ0v) is 20.6. The molecule has 1 fully saturated rings. The van der Waals surface area contributed by atoms with Crippen LogP contribution in [0.3, 0.4) is 0 Å². The highest BCUT2D eigenvalue weighted by Crippen LogP contribution is 2.42. The van der Waals surface area contributed by atoms with Crippen molar-refractivity contribution in [3.8, 4) is 5.69 Å². The van der Waals surface area contributed by atoms with Crippen LogP contribution in [0.15, 0.2) is 91.1 Å². The van der Waals surface area contributed by atoms with E-state index in [0.717, 1.165) is 35.5 Å². The maximum absolute atomic E-state index is 14.1. The van der Waals surface area contributed by atoms with E-state index in [1.165, 1.54) is 12.1 Å². The summed E-state index contributed by atoms with van der Waals surface area (Å²) >= 11 is 6.08. The molecule has 0 radical (unpaired) electrons. The molecule has 1 aliphatic carbocycles. The molecule has 8 heteroatoms. The second kappa shape index (κ2) is 9.41. The van der Waals surface area contributed by atoms with E-state index < -0.39 is 6.04 Å². The minimum absolute atomic E-state index is 0.00343. The Bertz CT molecular complexity index is 1480. The third-order valence-electron chi connectivity index (χ3n) is 6.80. The lowest BCUT2D eigenvalue weighted by molar-refractivity contribution is -0.119. The largest absolute Gasteiger partial charge is 0.322 e. The Morgan fingerprint density at radius 3 is 2.43 bits per heavy atom. The first kappa shape index (κ1) is 23.3. The van der Waals surface area contributed by atoms with E-state index >= 15 is 0 Å². The van der Waals surface area contributed by atoms with Gasteiger partial charge in [-0.15, -0.1) is 0 Å². The maximum atomic E-state index is 14.1. The Labute approximate surface area is 218 Å². The van der Waals surface area contributed by atoms with Crippen LogP contribution in [-0.2, 0) is 4.79 Å². The quantitative estimate of drug-likeness (QED) is 0.335. The van der Waals surface area contributed by atoms with Gasteiger partial charge in [0.15, 0.2) is 0 Å². The topological polar surface area (TPSA) is 57.6 Å². The third kappa shape index (κ3) is 4.47. The normalized spacial score (nSPS) is 16.1. The molecule has 6 rings (SSSR count). The predicted molar refractivity (Wildman–Crippen MR) is 142 cm³/mol. The molecule has 2 aliphatic rings. The average molecular weight is 515 g/mol. The molecule has 1 saturated carbocycles. The summed E-state index contributed by atoms with van der Waals surface area (Å²) in [4.78, 5) is 30.7. The zero-order valence-electron chi connectivity index (χ0n) is 19.9.